The van der Waals surface area contributed by atoms with Crippen LogP contribution < -0.4 is 5.32 Å². The van der Waals surface area contributed by atoms with Gasteiger partial charge < -0.3 is 15.4 Å². The van der Waals surface area contributed by atoms with Gasteiger partial charge in [0.15, 0.2) is 11.5 Å². The molecule has 0 aliphatic rings. The van der Waals surface area contributed by atoms with E-state index < -0.39 is 11.9 Å². The van der Waals surface area contributed by atoms with Crippen molar-refractivity contribution in [3.63, 3.8) is 0 Å². The van der Waals surface area contributed by atoms with Gasteiger partial charge in [0.25, 0.3) is 0 Å². The summed E-state index contributed by atoms with van der Waals surface area (Å²) in [4.78, 5) is 28.8. The molecule has 108 valence electrons. The first-order chi connectivity index (χ1) is 9.97. The number of carboxylic acids is 1. The third kappa shape index (κ3) is 3.56. The predicted molar refractivity (Wildman–Crippen MR) is 79.1 cm³/mol. The summed E-state index contributed by atoms with van der Waals surface area (Å²) in [5.41, 5.74) is 3.06. The van der Waals surface area contributed by atoms with Crippen molar-refractivity contribution in [2.24, 2.45) is 0 Å². The zero-order valence-electron chi connectivity index (χ0n) is 11.7. The highest BCUT2D eigenvalue weighted by Crippen LogP contribution is 2.12. The molecule has 6 heteroatoms. The maximum absolute atomic E-state index is 11.8. The van der Waals surface area contributed by atoms with Gasteiger partial charge in [-0.25, -0.2) is 9.78 Å². The maximum atomic E-state index is 11.8. The third-order valence-corrected chi connectivity index (χ3v) is 3.05. The summed E-state index contributed by atoms with van der Waals surface area (Å²) in [5, 5.41) is 11.3. The van der Waals surface area contributed by atoms with Crippen LogP contribution in [-0.4, -0.2) is 27.0 Å². The van der Waals surface area contributed by atoms with Gasteiger partial charge in [0.1, 0.15) is 0 Å². The number of nitrogens with one attached hydrogen (secondary N) is 2. The number of nitrogens with zero attached hydrogens (tertiary/aromatic N) is 1. The molecule has 1 amide bonds. The standard InChI is InChI=1S/C15H15N3O3/c1-9-3-4-11(7-10(9)2)5-6-12(19)18-14-13(15(20)21)16-8-17-14/h3-8H,1-2H3,(H,16,17)(H,18,19)(H,20,21)/b6-5+. The average molecular weight is 285 g/mol. The van der Waals surface area contributed by atoms with Crippen molar-refractivity contribution >= 4 is 23.8 Å². The normalized spacial score (nSPS) is 10.8. The number of aromatic amines is 1. The molecule has 2 rings (SSSR count). The van der Waals surface area contributed by atoms with Crippen molar-refractivity contribution in [1.29, 1.82) is 0 Å². The molecule has 1 aromatic heterocycles. The maximum Gasteiger partial charge on any atom is 0.356 e. The number of hydrogen-bond donors (Lipinski definition) is 3. The molecule has 6 nitrogen and oxygen atoms in total. The van der Waals surface area contributed by atoms with E-state index in [2.05, 4.69) is 15.3 Å². The van der Waals surface area contributed by atoms with Crippen LogP contribution in [0.2, 0.25) is 0 Å². The molecule has 3 N–H and O–H groups in total. The Bertz CT molecular complexity index is 717. The largest absolute Gasteiger partial charge is 0.476 e. The van der Waals surface area contributed by atoms with Crippen LogP contribution in [0, 0.1) is 13.8 Å². The molecular formula is C15H15N3O3. The van der Waals surface area contributed by atoms with Crippen LogP contribution in [-0.2, 0) is 4.79 Å². The summed E-state index contributed by atoms with van der Waals surface area (Å²) in [6.07, 6.45) is 4.21. The third-order valence-electron chi connectivity index (χ3n) is 3.05. The smallest absolute Gasteiger partial charge is 0.356 e. The van der Waals surface area contributed by atoms with Crippen LogP contribution >= 0.6 is 0 Å². The molecule has 2 aromatic rings. The van der Waals surface area contributed by atoms with E-state index in [0.29, 0.717) is 0 Å². The van der Waals surface area contributed by atoms with Crippen LogP contribution in [0.3, 0.4) is 0 Å². The molecule has 0 saturated carbocycles. The van der Waals surface area contributed by atoms with E-state index in [1.54, 1.807) is 6.08 Å². The minimum Gasteiger partial charge on any atom is -0.476 e. The van der Waals surface area contributed by atoms with Crippen molar-refractivity contribution < 1.29 is 14.7 Å². The average Bonchev–Trinajstić information content (AvgIpc) is 2.88. The summed E-state index contributed by atoms with van der Waals surface area (Å²) in [6, 6.07) is 5.85. The quantitative estimate of drug-likeness (QED) is 0.751. The van der Waals surface area contributed by atoms with Gasteiger partial charge in [-0.15, -0.1) is 0 Å². The van der Waals surface area contributed by atoms with Crippen LogP contribution in [0.15, 0.2) is 30.6 Å². The summed E-state index contributed by atoms with van der Waals surface area (Å²) in [7, 11) is 0. The lowest BCUT2D eigenvalue weighted by atomic mass is 10.1. The monoisotopic (exact) mass is 285 g/mol. The zero-order valence-corrected chi connectivity index (χ0v) is 11.7. The van der Waals surface area contributed by atoms with Crippen molar-refractivity contribution in [3.05, 3.63) is 53.0 Å². The van der Waals surface area contributed by atoms with Crippen LogP contribution in [0.25, 0.3) is 6.08 Å². The fourth-order valence-electron chi connectivity index (χ4n) is 1.75. The molecule has 0 unspecified atom stereocenters. The van der Waals surface area contributed by atoms with Gasteiger partial charge in [-0.05, 0) is 36.6 Å². The van der Waals surface area contributed by atoms with Crippen molar-refractivity contribution in [1.82, 2.24) is 9.97 Å². The number of carbonyl (C=O) groups excluding carboxylic acids is 1. The van der Waals surface area contributed by atoms with Crippen LogP contribution in [0.5, 0.6) is 0 Å². The molecule has 21 heavy (non-hydrogen) atoms. The minimum atomic E-state index is -1.18. The van der Waals surface area contributed by atoms with Crippen LogP contribution in [0.4, 0.5) is 5.82 Å². The molecule has 0 atom stereocenters. The topological polar surface area (TPSA) is 95.1 Å². The first kappa shape index (κ1) is 14.5. The lowest BCUT2D eigenvalue weighted by Crippen LogP contribution is -2.11. The molecule has 0 fully saturated rings. The van der Waals surface area contributed by atoms with Crippen molar-refractivity contribution in [2.45, 2.75) is 13.8 Å². The zero-order chi connectivity index (χ0) is 15.4. The van der Waals surface area contributed by atoms with Gasteiger partial charge in [-0.2, -0.15) is 0 Å². The van der Waals surface area contributed by atoms with Gasteiger partial charge in [-0.3, -0.25) is 4.79 Å². The number of aromatic nitrogens is 2. The molecule has 0 saturated heterocycles. The second kappa shape index (κ2) is 6.04. The second-order valence-electron chi connectivity index (χ2n) is 4.60. The highest BCUT2D eigenvalue weighted by molar-refractivity contribution is 6.04. The number of aryl methyl sites for hydroxylation is 2. The molecule has 1 heterocycles. The van der Waals surface area contributed by atoms with E-state index in [-0.39, 0.29) is 11.5 Å². The van der Waals surface area contributed by atoms with Crippen molar-refractivity contribution in [2.75, 3.05) is 5.32 Å². The lowest BCUT2D eigenvalue weighted by molar-refractivity contribution is -0.111. The minimum absolute atomic E-state index is 0.00256. The van der Waals surface area contributed by atoms with E-state index in [4.69, 9.17) is 5.11 Å². The van der Waals surface area contributed by atoms with Gasteiger partial charge in [-0.1, -0.05) is 18.2 Å². The Balaban J connectivity index is 2.07. The lowest BCUT2D eigenvalue weighted by Gasteiger charge is -2.01. The summed E-state index contributed by atoms with van der Waals surface area (Å²) in [6.45, 7) is 4.01. The Labute approximate surface area is 121 Å². The number of imidazole rings is 1. The number of hydrogen-bond acceptors (Lipinski definition) is 3. The van der Waals surface area contributed by atoms with E-state index in [0.717, 1.165) is 11.1 Å². The molecule has 0 aliphatic heterocycles. The Morgan fingerprint density at radius 2 is 2.05 bits per heavy atom. The number of rotatable bonds is 4. The summed E-state index contributed by atoms with van der Waals surface area (Å²) in [5.74, 6) is -1.62. The number of aromatic carboxylic acids is 1. The highest BCUT2D eigenvalue weighted by Gasteiger charge is 2.13. The van der Waals surface area contributed by atoms with E-state index in [1.165, 1.54) is 18.0 Å². The molecule has 0 radical (unpaired) electrons. The second-order valence-corrected chi connectivity index (χ2v) is 4.60. The number of carbonyl (C=O) groups is 2. The van der Waals surface area contributed by atoms with Crippen molar-refractivity contribution in [3.8, 4) is 0 Å². The molecule has 1 aromatic carbocycles. The Morgan fingerprint density at radius 3 is 2.71 bits per heavy atom. The fraction of sp³-hybridized carbons (Fsp3) is 0.133. The Morgan fingerprint density at radius 1 is 1.29 bits per heavy atom. The number of benzene rings is 1. The van der Waals surface area contributed by atoms with E-state index in [9.17, 15) is 9.59 Å². The Hall–Kier alpha value is -2.89. The number of anilines is 1. The predicted octanol–water partition coefficient (Wildman–Crippen LogP) is 2.38. The summed E-state index contributed by atoms with van der Waals surface area (Å²) < 4.78 is 0. The summed E-state index contributed by atoms with van der Waals surface area (Å²) >= 11 is 0. The number of H-pyrrole nitrogens is 1. The fourth-order valence-corrected chi connectivity index (χ4v) is 1.75. The number of amides is 1. The molecule has 0 spiro atoms. The molecule has 0 bridgehead atoms. The first-order valence-corrected chi connectivity index (χ1v) is 6.30. The molecular weight excluding hydrogens is 270 g/mol. The first-order valence-electron chi connectivity index (χ1n) is 6.30. The van der Waals surface area contributed by atoms with Gasteiger partial charge >= 0.3 is 5.97 Å². The van der Waals surface area contributed by atoms with E-state index in [1.807, 2.05) is 32.0 Å². The number of carboxylic acid groups (broad SMARTS) is 1. The highest BCUT2D eigenvalue weighted by atomic mass is 16.4. The van der Waals surface area contributed by atoms with Gasteiger partial charge in [0, 0.05) is 6.08 Å². The van der Waals surface area contributed by atoms with E-state index >= 15 is 0 Å². The van der Waals surface area contributed by atoms with Crippen LogP contribution in [0.1, 0.15) is 27.2 Å². The Kier molecular flexibility index (Phi) is 4.18. The molecule has 0 aliphatic carbocycles. The van der Waals surface area contributed by atoms with Gasteiger partial charge in [0.05, 0.1) is 6.33 Å². The van der Waals surface area contributed by atoms with Gasteiger partial charge in [0.2, 0.25) is 5.91 Å². The SMILES string of the molecule is Cc1ccc(/C=C/C(=O)Nc2nc[nH]c2C(=O)O)cc1C.